The van der Waals surface area contributed by atoms with Crippen LogP contribution in [0.3, 0.4) is 0 Å². The first-order chi connectivity index (χ1) is 21.1. The first-order valence-corrected chi connectivity index (χ1v) is 15.5. The van der Waals surface area contributed by atoms with Crippen molar-refractivity contribution in [3.63, 3.8) is 0 Å². The molecule has 0 aliphatic heterocycles. The van der Waals surface area contributed by atoms with E-state index in [0.717, 1.165) is 11.6 Å². The molecule has 5 aromatic rings. The zero-order valence-corrected chi connectivity index (χ0v) is 39.2. The third-order valence-electron chi connectivity index (χ3n) is 8.49. The maximum atomic E-state index is 4.62. The van der Waals surface area contributed by atoms with Crippen LogP contribution in [0, 0.1) is 34.6 Å². The van der Waals surface area contributed by atoms with Gasteiger partial charge in [-0.2, -0.15) is 0 Å². The monoisotopic (exact) mass is 1110 g/mol. The van der Waals surface area contributed by atoms with Gasteiger partial charge in [-0.1, -0.05) is 38.1 Å². The van der Waals surface area contributed by atoms with Crippen molar-refractivity contribution in [2.24, 2.45) is 0 Å². The van der Waals surface area contributed by atoms with Crippen molar-refractivity contribution < 1.29 is 109 Å². The van der Waals surface area contributed by atoms with E-state index >= 15 is 0 Å². The Labute approximate surface area is 368 Å². The number of aryl methyl sites for hydroxylation is 4. The summed E-state index contributed by atoms with van der Waals surface area (Å²) in [5, 5.41) is 0. The van der Waals surface area contributed by atoms with Gasteiger partial charge in [-0.3, -0.25) is 0 Å². The van der Waals surface area contributed by atoms with E-state index < -0.39 is 0 Å². The van der Waals surface area contributed by atoms with E-state index in [4.69, 9.17) is 0 Å². The minimum Gasteiger partial charge on any atom is -1.00 e. The van der Waals surface area contributed by atoms with E-state index in [1.54, 1.807) is 0 Å². The van der Waals surface area contributed by atoms with E-state index in [1.165, 1.54) is 67.0 Å². The molecule has 2 heterocycles. The molecule has 0 amide bonds. The maximum absolute atomic E-state index is 4.62. The Kier molecular flexibility index (Phi) is 22.9. The van der Waals surface area contributed by atoms with Crippen LogP contribution in [0.5, 0.6) is 0 Å². The maximum Gasteiger partial charge on any atom is 0.327 e. The summed E-state index contributed by atoms with van der Waals surface area (Å²) in [6, 6.07) is 26.2. The van der Waals surface area contributed by atoms with Crippen LogP contribution in [0.25, 0.3) is 22.3 Å². The molecule has 50 heavy (non-hydrogen) atoms. The predicted octanol–water partition coefficient (Wildman–Crippen LogP) is -1.66. The second-order valence-electron chi connectivity index (χ2n) is 11.9. The molecular weight excluding hydrogens is 1070 g/mol. The van der Waals surface area contributed by atoms with Crippen molar-refractivity contribution in [2.45, 2.75) is 68.2 Å². The van der Waals surface area contributed by atoms with Crippen molar-refractivity contribution in [3.8, 4) is 22.3 Å². The van der Waals surface area contributed by atoms with Gasteiger partial charge in [0, 0.05) is 53.0 Å². The van der Waals surface area contributed by atoms with Gasteiger partial charge in [0.15, 0.2) is 0 Å². The summed E-state index contributed by atoms with van der Waals surface area (Å²) in [6.07, 6.45) is 7.89. The number of rotatable bonds is 7. The molecule has 0 unspecified atom stereocenters. The molecule has 0 atom stereocenters. The number of nitrogens with zero attached hydrogens (tertiary/aromatic N) is 4. The fraction of sp³-hybridized carbons (Fsp3) is 0.250. The second-order valence-corrected chi connectivity index (χ2v) is 11.9. The Morgan fingerprint density at radius 2 is 0.880 bits per heavy atom. The normalized spacial score (nSPS) is 10.8. The first-order valence-electron chi connectivity index (χ1n) is 15.5. The molecule has 0 fully saturated rings. The number of hydrogen-bond acceptors (Lipinski definition) is 2. The SMILES string of the molecule is CC=[N+](c1ccccn1)c1c(C)cc(-c2cc(C(C)C)cc(-c3cc(C)c([N+](=CC)c4ccccn4)c(C)c3)c2C)cc1C.[Br-].[Br-].[Br-].[Br-].[Pd].[Pd]. The molecule has 0 aliphatic carbocycles. The van der Waals surface area contributed by atoms with Gasteiger partial charge >= 0.3 is 11.6 Å². The number of benzene rings is 3. The van der Waals surface area contributed by atoms with Gasteiger partial charge in [0.25, 0.3) is 0 Å². The van der Waals surface area contributed by atoms with Crippen LogP contribution in [-0.4, -0.2) is 22.4 Å². The third kappa shape index (κ3) is 10.8. The van der Waals surface area contributed by atoms with Crippen molar-refractivity contribution in [1.82, 2.24) is 19.1 Å². The molecule has 0 bridgehead atoms. The van der Waals surface area contributed by atoms with Crippen LogP contribution in [-0.2, 0) is 40.8 Å². The summed E-state index contributed by atoms with van der Waals surface area (Å²) in [7, 11) is 0. The first kappa shape index (κ1) is 50.7. The molecule has 0 aliphatic rings. The van der Waals surface area contributed by atoms with Crippen molar-refractivity contribution >= 4 is 35.4 Å². The summed E-state index contributed by atoms with van der Waals surface area (Å²) in [5.74, 6) is 2.25. The minimum atomic E-state index is 0. The molecule has 274 valence electrons. The molecule has 0 spiro atoms. The average molecular weight is 1110 g/mol. The fourth-order valence-corrected chi connectivity index (χ4v) is 6.40. The molecule has 3 aromatic carbocycles. The zero-order chi connectivity index (χ0) is 31.5. The smallest absolute Gasteiger partial charge is 0.327 e. The van der Waals surface area contributed by atoms with Crippen LogP contribution in [0.1, 0.15) is 67.0 Å². The summed E-state index contributed by atoms with van der Waals surface area (Å²) in [6.45, 7) is 19.8. The molecule has 5 rings (SSSR count). The van der Waals surface area contributed by atoms with E-state index in [1.807, 2.05) is 36.7 Å². The van der Waals surface area contributed by atoms with E-state index in [2.05, 4.69) is 142 Å². The van der Waals surface area contributed by atoms with Crippen LogP contribution >= 0.6 is 0 Å². The van der Waals surface area contributed by atoms with Gasteiger partial charge < -0.3 is 67.9 Å². The van der Waals surface area contributed by atoms with Gasteiger partial charge in [-0.05, 0) is 156 Å². The Bertz CT molecular complexity index is 1730. The van der Waals surface area contributed by atoms with Gasteiger partial charge in [0.1, 0.15) is 23.8 Å². The van der Waals surface area contributed by atoms with E-state index in [-0.39, 0.29) is 109 Å². The third-order valence-corrected chi connectivity index (χ3v) is 8.49. The summed E-state index contributed by atoms with van der Waals surface area (Å²) >= 11 is 0. The Morgan fingerprint density at radius 3 is 1.14 bits per heavy atom. The number of pyridine rings is 2. The molecule has 2 aromatic heterocycles. The standard InChI is InChI=1S/C40H44N4.4BrH.2Pd/c1-10-43(37-16-12-14-18-41-37)39-27(5)20-33(21-28(39)6)35-24-32(26(3)4)25-36(31(35)9)34-22-29(7)40(30(8)23-34)44(11-2)38-17-13-15-19-42-38;;;;;;/h10-26H,1-9H3;4*1H;;/q+2;;;;;;/p-4. The number of aromatic nitrogens is 2. The molecule has 0 radical (unpaired) electrons. The molecule has 4 nitrogen and oxygen atoms in total. The Balaban J connectivity index is 0. The quantitative estimate of drug-likeness (QED) is 0.111. The van der Waals surface area contributed by atoms with Crippen LogP contribution < -0.4 is 77.1 Å². The molecule has 0 saturated carbocycles. The molecule has 0 saturated heterocycles. The van der Waals surface area contributed by atoms with E-state index in [0.29, 0.717) is 5.92 Å². The van der Waals surface area contributed by atoms with Crippen molar-refractivity contribution in [2.75, 3.05) is 0 Å². The topological polar surface area (TPSA) is 31.8 Å². The van der Waals surface area contributed by atoms with Gasteiger partial charge in [0.05, 0.1) is 12.4 Å². The fourth-order valence-electron chi connectivity index (χ4n) is 6.40. The van der Waals surface area contributed by atoms with Crippen molar-refractivity contribution in [3.05, 3.63) is 119 Å². The average Bonchev–Trinajstić information content (AvgIpc) is 3.01. The molecule has 10 heteroatoms. The second kappa shape index (κ2) is 22.6. The molecule has 0 N–H and O–H groups in total. The zero-order valence-electron chi connectivity index (χ0n) is 29.7. The van der Waals surface area contributed by atoms with Gasteiger partial charge in [-0.25, -0.2) is 9.15 Å². The molecular formula is C40H44Br4N4Pd2-2. The predicted molar refractivity (Wildman–Crippen MR) is 190 cm³/mol. The van der Waals surface area contributed by atoms with Crippen molar-refractivity contribution in [1.29, 1.82) is 0 Å². The Hall–Kier alpha value is -1.46. The largest absolute Gasteiger partial charge is 1.00 e. The summed E-state index contributed by atoms with van der Waals surface area (Å²) in [5.41, 5.74) is 14.9. The van der Waals surface area contributed by atoms with Crippen LogP contribution in [0.4, 0.5) is 23.0 Å². The van der Waals surface area contributed by atoms with E-state index in [9.17, 15) is 0 Å². The summed E-state index contributed by atoms with van der Waals surface area (Å²) < 4.78 is 4.37. The number of halogens is 4. The summed E-state index contributed by atoms with van der Waals surface area (Å²) in [4.78, 5) is 9.24. The van der Waals surface area contributed by atoms with Crippen LogP contribution in [0.15, 0.2) is 85.2 Å². The van der Waals surface area contributed by atoms with Gasteiger partial charge in [0.2, 0.25) is 0 Å². The van der Waals surface area contributed by atoms with Crippen LogP contribution in [0.2, 0.25) is 0 Å². The van der Waals surface area contributed by atoms with Gasteiger partial charge in [-0.15, -0.1) is 0 Å². The minimum absolute atomic E-state index is 0. The Morgan fingerprint density at radius 1 is 0.540 bits per heavy atom. The number of hydrogen-bond donors (Lipinski definition) is 0.